The smallest absolute Gasteiger partial charge is 0.0252 e. The van der Waals surface area contributed by atoms with Crippen molar-refractivity contribution in [3.63, 3.8) is 0 Å². The Balaban J connectivity index is 2.05. The quantitative estimate of drug-likeness (QED) is 0.673. The Morgan fingerprint density at radius 3 is 2.11 bits per heavy atom. The van der Waals surface area contributed by atoms with Gasteiger partial charge in [-0.3, -0.25) is 0 Å². The molecule has 0 radical (unpaired) electrons. The molecule has 0 fully saturated rings. The van der Waals surface area contributed by atoms with Gasteiger partial charge in [-0.25, -0.2) is 0 Å². The van der Waals surface area contributed by atoms with Crippen molar-refractivity contribution in [2.24, 2.45) is 0 Å². The molecule has 2 aromatic carbocycles. The second-order valence-electron chi connectivity index (χ2n) is 5.51. The zero-order valence-corrected chi connectivity index (χ0v) is 10.4. The van der Waals surface area contributed by atoms with Gasteiger partial charge in [0.1, 0.15) is 0 Å². The van der Waals surface area contributed by atoms with E-state index in [4.69, 9.17) is 0 Å². The summed E-state index contributed by atoms with van der Waals surface area (Å²) in [5.41, 5.74) is 6.36. The van der Waals surface area contributed by atoms with Gasteiger partial charge in [-0.15, -0.1) is 6.58 Å². The third-order valence-electron chi connectivity index (χ3n) is 4.75. The first-order valence-corrected chi connectivity index (χ1v) is 6.66. The van der Waals surface area contributed by atoms with Gasteiger partial charge in [0.2, 0.25) is 0 Å². The highest BCUT2D eigenvalue weighted by Crippen LogP contribution is 2.61. The highest BCUT2D eigenvalue weighted by molar-refractivity contribution is 5.62. The Bertz CT molecular complexity index is 588. The van der Waals surface area contributed by atoms with E-state index in [0.29, 0.717) is 5.92 Å². The molecule has 0 unspecified atom stereocenters. The molecular weight excluding hydrogens is 216 g/mol. The van der Waals surface area contributed by atoms with Crippen LogP contribution in [0.3, 0.4) is 0 Å². The highest BCUT2D eigenvalue weighted by Gasteiger charge is 2.51. The fraction of sp³-hybridized carbons (Fsp3) is 0.222. The number of rotatable bonds is 2. The molecule has 0 aliphatic heterocycles. The van der Waals surface area contributed by atoms with Crippen LogP contribution in [-0.4, -0.2) is 0 Å². The molecule has 0 heteroatoms. The van der Waals surface area contributed by atoms with Gasteiger partial charge in [-0.05, 0) is 35.1 Å². The number of allylic oxidation sites excluding steroid dienone is 1. The summed E-state index contributed by atoms with van der Waals surface area (Å²) in [4.78, 5) is 0. The topological polar surface area (TPSA) is 0 Å². The van der Waals surface area contributed by atoms with Gasteiger partial charge in [0.15, 0.2) is 0 Å². The maximum Gasteiger partial charge on any atom is 0.0252 e. The van der Waals surface area contributed by atoms with Crippen molar-refractivity contribution in [2.75, 3.05) is 0 Å². The normalized spacial score (nSPS) is 26.8. The summed E-state index contributed by atoms with van der Waals surface area (Å²) in [7, 11) is 0. The molecule has 0 saturated heterocycles. The van der Waals surface area contributed by atoms with E-state index in [-0.39, 0.29) is 5.41 Å². The molecule has 88 valence electrons. The minimum absolute atomic E-state index is 0.208. The van der Waals surface area contributed by atoms with Crippen molar-refractivity contribution in [3.05, 3.63) is 83.4 Å². The summed E-state index contributed by atoms with van der Waals surface area (Å²) in [5.74, 6) is 0.609. The largest absolute Gasteiger partial charge is 0.103 e. The average Bonchev–Trinajstić information content (AvgIpc) is 2.92. The van der Waals surface area contributed by atoms with Crippen LogP contribution in [0.1, 0.15) is 41.0 Å². The summed E-state index contributed by atoms with van der Waals surface area (Å²) in [5, 5.41) is 0. The van der Waals surface area contributed by atoms with Crippen molar-refractivity contribution >= 4 is 0 Å². The van der Waals surface area contributed by atoms with Crippen LogP contribution >= 0.6 is 0 Å². The first-order valence-electron chi connectivity index (χ1n) is 6.66. The first-order chi connectivity index (χ1) is 8.87. The molecule has 0 N–H and O–H groups in total. The van der Waals surface area contributed by atoms with E-state index in [9.17, 15) is 0 Å². The van der Waals surface area contributed by atoms with E-state index in [1.807, 2.05) is 0 Å². The molecule has 0 spiro atoms. The second-order valence-corrected chi connectivity index (χ2v) is 5.51. The summed E-state index contributed by atoms with van der Waals surface area (Å²) in [6, 6.07) is 17.9. The number of hydrogen-bond donors (Lipinski definition) is 0. The van der Waals surface area contributed by atoms with E-state index in [1.54, 1.807) is 0 Å². The Labute approximate surface area is 108 Å². The lowest BCUT2D eigenvalue weighted by molar-refractivity contribution is 0.539. The zero-order chi connectivity index (χ0) is 12.2. The van der Waals surface area contributed by atoms with Gasteiger partial charge in [0, 0.05) is 11.3 Å². The lowest BCUT2D eigenvalue weighted by Gasteiger charge is -2.30. The molecule has 0 amide bonds. The molecule has 18 heavy (non-hydrogen) atoms. The van der Waals surface area contributed by atoms with Crippen LogP contribution < -0.4 is 0 Å². The average molecular weight is 232 g/mol. The Morgan fingerprint density at radius 2 is 1.56 bits per heavy atom. The monoisotopic (exact) mass is 232 g/mol. The van der Waals surface area contributed by atoms with Gasteiger partial charge < -0.3 is 0 Å². The standard InChI is InChI=1S/C18H16/c1-2-11-18-12-15(13-7-3-5-9-16(13)18)14-8-4-6-10-17(14)18/h2-10,15H,1,11-12H2. The predicted molar refractivity (Wildman–Crippen MR) is 74.9 cm³/mol. The molecule has 2 aliphatic rings. The fourth-order valence-corrected chi connectivity index (χ4v) is 4.12. The molecular formula is C18H16. The van der Waals surface area contributed by atoms with E-state index in [2.05, 4.69) is 61.2 Å². The maximum absolute atomic E-state index is 3.98. The number of benzene rings is 2. The molecule has 0 nitrogen and oxygen atoms in total. The van der Waals surface area contributed by atoms with Crippen LogP contribution in [0.25, 0.3) is 0 Å². The fourth-order valence-electron chi connectivity index (χ4n) is 4.12. The molecule has 4 rings (SSSR count). The summed E-state index contributed by atoms with van der Waals surface area (Å²) < 4.78 is 0. The van der Waals surface area contributed by atoms with Gasteiger partial charge >= 0.3 is 0 Å². The van der Waals surface area contributed by atoms with E-state index < -0.39 is 0 Å². The van der Waals surface area contributed by atoms with E-state index in [0.717, 1.165) is 6.42 Å². The van der Waals surface area contributed by atoms with Crippen molar-refractivity contribution in [1.82, 2.24) is 0 Å². The van der Waals surface area contributed by atoms with Gasteiger partial charge in [0.25, 0.3) is 0 Å². The SMILES string of the molecule is C=CCC12CC(c3ccccc31)c1ccccc12. The van der Waals surface area contributed by atoms with Crippen LogP contribution in [-0.2, 0) is 5.41 Å². The van der Waals surface area contributed by atoms with Crippen LogP contribution in [0.4, 0.5) is 0 Å². The molecule has 0 saturated carbocycles. The molecule has 2 aliphatic carbocycles. The predicted octanol–water partition coefficient (Wildman–Crippen LogP) is 4.40. The number of fused-ring (bicyclic) bond motifs is 8. The van der Waals surface area contributed by atoms with Crippen molar-refractivity contribution < 1.29 is 0 Å². The molecule has 2 aromatic rings. The summed E-state index contributed by atoms with van der Waals surface area (Å²) >= 11 is 0. The molecule has 0 aromatic heterocycles. The van der Waals surface area contributed by atoms with Crippen LogP contribution in [0.5, 0.6) is 0 Å². The second kappa shape index (κ2) is 3.35. The first kappa shape index (κ1) is 10.1. The van der Waals surface area contributed by atoms with Gasteiger partial charge in [0.05, 0.1) is 0 Å². The number of hydrogen-bond acceptors (Lipinski definition) is 0. The van der Waals surface area contributed by atoms with Crippen molar-refractivity contribution in [3.8, 4) is 0 Å². The molecule has 2 bridgehead atoms. The molecule has 0 atom stereocenters. The Kier molecular flexibility index (Phi) is 1.89. The Morgan fingerprint density at radius 1 is 1.00 bits per heavy atom. The van der Waals surface area contributed by atoms with Crippen molar-refractivity contribution in [2.45, 2.75) is 24.2 Å². The van der Waals surface area contributed by atoms with Gasteiger partial charge in [-0.1, -0.05) is 54.6 Å². The van der Waals surface area contributed by atoms with Gasteiger partial charge in [-0.2, -0.15) is 0 Å². The minimum Gasteiger partial charge on any atom is -0.103 e. The third kappa shape index (κ3) is 1.02. The molecule has 0 heterocycles. The highest BCUT2D eigenvalue weighted by atomic mass is 14.5. The Hall–Kier alpha value is -1.82. The lowest BCUT2D eigenvalue weighted by Crippen LogP contribution is -2.22. The van der Waals surface area contributed by atoms with Crippen LogP contribution in [0, 0.1) is 0 Å². The van der Waals surface area contributed by atoms with Crippen LogP contribution in [0.15, 0.2) is 61.2 Å². The van der Waals surface area contributed by atoms with Crippen LogP contribution in [0.2, 0.25) is 0 Å². The zero-order valence-electron chi connectivity index (χ0n) is 10.4. The lowest BCUT2D eigenvalue weighted by atomic mass is 9.73. The van der Waals surface area contributed by atoms with E-state index in [1.165, 1.54) is 28.7 Å². The van der Waals surface area contributed by atoms with Crippen molar-refractivity contribution in [1.29, 1.82) is 0 Å². The third-order valence-corrected chi connectivity index (χ3v) is 4.75. The maximum atomic E-state index is 3.98. The van der Waals surface area contributed by atoms with E-state index >= 15 is 0 Å². The summed E-state index contributed by atoms with van der Waals surface area (Å²) in [6.45, 7) is 3.98. The minimum atomic E-state index is 0.208. The summed E-state index contributed by atoms with van der Waals surface area (Å²) in [6.07, 6.45) is 4.37.